The molecule has 0 unspecified atom stereocenters. The van der Waals surface area contributed by atoms with E-state index in [1.807, 2.05) is 36.2 Å². The zero-order valence-corrected chi connectivity index (χ0v) is 12.3. The van der Waals surface area contributed by atoms with Crippen molar-refractivity contribution in [3.63, 3.8) is 0 Å². The number of hydrogen-bond acceptors (Lipinski definition) is 2. The van der Waals surface area contributed by atoms with Crippen LogP contribution in [0.1, 0.15) is 27.0 Å². The van der Waals surface area contributed by atoms with Gasteiger partial charge in [-0.3, -0.25) is 4.79 Å². The van der Waals surface area contributed by atoms with Gasteiger partial charge in [0.15, 0.2) is 0 Å². The standard InChI is InChI=1S/C18H20N2O/c1-20(17-10-15-4-2-3-5-16(15)11-17)18(21)14-8-6-13(12-19)7-9-14/h2-9,17H,10-12,19H2,1H3. The molecule has 1 aliphatic carbocycles. The number of carbonyl (C=O) groups is 1. The fraction of sp³-hybridized carbons (Fsp3) is 0.278. The van der Waals surface area contributed by atoms with Crippen LogP contribution < -0.4 is 5.73 Å². The molecule has 0 saturated carbocycles. The predicted octanol–water partition coefficient (Wildman–Crippen LogP) is 2.38. The van der Waals surface area contributed by atoms with Gasteiger partial charge in [-0.25, -0.2) is 0 Å². The molecule has 3 heteroatoms. The maximum atomic E-state index is 12.6. The summed E-state index contributed by atoms with van der Waals surface area (Å²) in [6.45, 7) is 0.502. The minimum absolute atomic E-state index is 0.0800. The second-order valence-corrected chi connectivity index (χ2v) is 5.65. The highest BCUT2D eigenvalue weighted by Gasteiger charge is 2.27. The fourth-order valence-corrected chi connectivity index (χ4v) is 2.96. The molecule has 0 radical (unpaired) electrons. The molecule has 108 valence electrons. The highest BCUT2D eigenvalue weighted by Crippen LogP contribution is 2.25. The van der Waals surface area contributed by atoms with Gasteiger partial charge in [0, 0.05) is 25.2 Å². The van der Waals surface area contributed by atoms with Crippen LogP contribution in [0.4, 0.5) is 0 Å². The smallest absolute Gasteiger partial charge is 0.253 e. The lowest BCUT2D eigenvalue weighted by atomic mass is 10.1. The summed E-state index contributed by atoms with van der Waals surface area (Å²) in [7, 11) is 1.90. The second-order valence-electron chi connectivity index (χ2n) is 5.65. The Bertz CT molecular complexity index is 624. The van der Waals surface area contributed by atoms with Gasteiger partial charge in [0.2, 0.25) is 0 Å². The number of rotatable bonds is 3. The number of likely N-dealkylation sites (N-methyl/N-ethyl adjacent to an activating group) is 1. The third-order valence-electron chi connectivity index (χ3n) is 4.33. The molecule has 21 heavy (non-hydrogen) atoms. The topological polar surface area (TPSA) is 46.3 Å². The van der Waals surface area contributed by atoms with Crippen molar-refractivity contribution in [1.82, 2.24) is 4.90 Å². The number of fused-ring (bicyclic) bond motifs is 1. The Morgan fingerprint density at radius 1 is 1.10 bits per heavy atom. The van der Waals surface area contributed by atoms with Gasteiger partial charge in [0.25, 0.3) is 5.91 Å². The van der Waals surface area contributed by atoms with Crippen molar-refractivity contribution < 1.29 is 4.79 Å². The molecule has 0 atom stereocenters. The maximum Gasteiger partial charge on any atom is 0.253 e. The number of nitrogens with two attached hydrogens (primary N) is 1. The molecule has 0 heterocycles. The number of carbonyl (C=O) groups excluding carboxylic acids is 1. The van der Waals surface area contributed by atoms with E-state index in [1.165, 1.54) is 11.1 Å². The monoisotopic (exact) mass is 280 g/mol. The quantitative estimate of drug-likeness (QED) is 0.938. The predicted molar refractivity (Wildman–Crippen MR) is 84.1 cm³/mol. The van der Waals surface area contributed by atoms with Crippen molar-refractivity contribution >= 4 is 5.91 Å². The molecule has 2 N–H and O–H groups in total. The Kier molecular flexibility index (Phi) is 3.76. The normalized spacial score (nSPS) is 14.0. The molecule has 3 rings (SSSR count). The van der Waals surface area contributed by atoms with Gasteiger partial charge in [-0.1, -0.05) is 36.4 Å². The van der Waals surface area contributed by atoms with E-state index < -0.39 is 0 Å². The molecule has 0 aliphatic heterocycles. The van der Waals surface area contributed by atoms with E-state index in [9.17, 15) is 4.79 Å². The molecular weight excluding hydrogens is 260 g/mol. The lowest BCUT2D eigenvalue weighted by Crippen LogP contribution is -2.37. The first-order valence-corrected chi connectivity index (χ1v) is 7.32. The van der Waals surface area contributed by atoms with E-state index in [2.05, 4.69) is 24.3 Å². The van der Waals surface area contributed by atoms with Crippen molar-refractivity contribution in [3.05, 3.63) is 70.8 Å². The van der Waals surface area contributed by atoms with Crippen LogP contribution in [-0.2, 0) is 19.4 Å². The molecule has 0 saturated heterocycles. The average molecular weight is 280 g/mol. The molecule has 0 bridgehead atoms. The minimum atomic E-state index is 0.0800. The summed E-state index contributed by atoms with van der Waals surface area (Å²) in [6.07, 6.45) is 1.89. The molecule has 0 spiro atoms. The largest absolute Gasteiger partial charge is 0.338 e. The third-order valence-corrected chi connectivity index (χ3v) is 4.33. The Labute approximate surface area is 125 Å². The second kappa shape index (κ2) is 5.70. The van der Waals surface area contributed by atoms with Gasteiger partial charge >= 0.3 is 0 Å². The van der Waals surface area contributed by atoms with Gasteiger partial charge in [-0.05, 0) is 41.7 Å². The lowest BCUT2D eigenvalue weighted by Gasteiger charge is -2.24. The summed E-state index contributed by atoms with van der Waals surface area (Å²) in [4.78, 5) is 14.4. The van der Waals surface area contributed by atoms with E-state index in [4.69, 9.17) is 5.73 Å². The van der Waals surface area contributed by atoms with Gasteiger partial charge in [-0.2, -0.15) is 0 Å². The molecule has 2 aromatic carbocycles. The van der Waals surface area contributed by atoms with Crippen LogP contribution in [-0.4, -0.2) is 23.9 Å². The molecule has 2 aromatic rings. The Balaban J connectivity index is 1.73. The van der Waals surface area contributed by atoms with Crippen molar-refractivity contribution in [2.45, 2.75) is 25.4 Å². The van der Waals surface area contributed by atoms with Crippen LogP contribution in [0.25, 0.3) is 0 Å². The summed E-state index contributed by atoms with van der Waals surface area (Å²) in [5.74, 6) is 0.0800. The Morgan fingerprint density at radius 3 is 2.19 bits per heavy atom. The van der Waals surface area contributed by atoms with E-state index in [-0.39, 0.29) is 11.9 Å². The number of nitrogens with zero attached hydrogens (tertiary/aromatic N) is 1. The molecule has 1 aliphatic rings. The molecule has 3 nitrogen and oxygen atoms in total. The van der Waals surface area contributed by atoms with Gasteiger partial charge < -0.3 is 10.6 Å². The molecule has 0 aromatic heterocycles. The van der Waals surface area contributed by atoms with Crippen LogP contribution in [0, 0.1) is 0 Å². The van der Waals surface area contributed by atoms with E-state index >= 15 is 0 Å². The van der Waals surface area contributed by atoms with Gasteiger partial charge in [-0.15, -0.1) is 0 Å². The summed E-state index contributed by atoms with van der Waals surface area (Å²) in [5.41, 5.74) is 10.1. The van der Waals surface area contributed by atoms with Crippen LogP contribution in [0.2, 0.25) is 0 Å². The highest BCUT2D eigenvalue weighted by atomic mass is 16.2. The number of benzene rings is 2. The number of hydrogen-bond donors (Lipinski definition) is 1. The van der Waals surface area contributed by atoms with Gasteiger partial charge in [0.1, 0.15) is 0 Å². The van der Waals surface area contributed by atoms with Crippen molar-refractivity contribution in [2.75, 3.05) is 7.05 Å². The third kappa shape index (κ3) is 2.69. The van der Waals surface area contributed by atoms with Crippen LogP contribution in [0.15, 0.2) is 48.5 Å². The number of amides is 1. The highest BCUT2D eigenvalue weighted by molar-refractivity contribution is 5.94. The van der Waals surface area contributed by atoms with E-state index in [1.54, 1.807) is 0 Å². The van der Waals surface area contributed by atoms with Crippen LogP contribution in [0.3, 0.4) is 0 Å². The van der Waals surface area contributed by atoms with E-state index in [0.717, 1.165) is 24.0 Å². The zero-order valence-electron chi connectivity index (χ0n) is 12.3. The SMILES string of the molecule is CN(C(=O)c1ccc(CN)cc1)C1Cc2ccccc2C1. The average Bonchev–Trinajstić information content (AvgIpc) is 2.97. The first-order valence-electron chi connectivity index (χ1n) is 7.32. The first-order chi connectivity index (χ1) is 10.2. The van der Waals surface area contributed by atoms with E-state index in [0.29, 0.717) is 6.54 Å². The first kappa shape index (κ1) is 13.8. The van der Waals surface area contributed by atoms with Crippen molar-refractivity contribution in [1.29, 1.82) is 0 Å². The Hall–Kier alpha value is -2.13. The zero-order chi connectivity index (χ0) is 14.8. The maximum absolute atomic E-state index is 12.6. The lowest BCUT2D eigenvalue weighted by molar-refractivity contribution is 0.0737. The molecule has 1 amide bonds. The van der Waals surface area contributed by atoms with Crippen LogP contribution >= 0.6 is 0 Å². The fourth-order valence-electron chi connectivity index (χ4n) is 2.96. The van der Waals surface area contributed by atoms with Crippen molar-refractivity contribution in [3.8, 4) is 0 Å². The van der Waals surface area contributed by atoms with Crippen LogP contribution in [0.5, 0.6) is 0 Å². The molecular formula is C18H20N2O. The van der Waals surface area contributed by atoms with Gasteiger partial charge in [0.05, 0.1) is 0 Å². The molecule has 0 fully saturated rings. The summed E-state index contributed by atoms with van der Waals surface area (Å²) in [5, 5.41) is 0. The Morgan fingerprint density at radius 2 is 1.67 bits per heavy atom. The summed E-state index contributed by atoms with van der Waals surface area (Å²) in [6, 6.07) is 16.3. The summed E-state index contributed by atoms with van der Waals surface area (Å²) >= 11 is 0. The summed E-state index contributed by atoms with van der Waals surface area (Å²) < 4.78 is 0. The van der Waals surface area contributed by atoms with Crippen molar-refractivity contribution in [2.24, 2.45) is 5.73 Å². The minimum Gasteiger partial charge on any atom is -0.338 e.